The van der Waals surface area contributed by atoms with E-state index < -0.39 is 0 Å². The predicted octanol–water partition coefficient (Wildman–Crippen LogP) is 2.68. The van der Waals surface area contributed by atoms with Crippen LogP contribution in [0.15, 0.2) is 4.52 Å². The summed E-state index contributed by atoms with van der Waals surface area (Å²) in [5.41, 5.74) is 2.54. The molecule has 0 atom stereocenters. The Morgan fingerprint density at radius 2 is 2.08 bits per heavy atom. The molecule has 1 heterocycles. The van der Waals surface area contributed by atoms with Crippen LogP contribution in [-0.4, -0.2) is 5.16 Å². The molecule has 66 valence electrons. The van der Waals surface area contributed by atoms with Crippen LogP contribution in [-0.2, 0) is 12.8 Å². The highest BCUT2D eigenvalue weighted by Gasteiger charge is 2.30. The lowest BCUT2D eigenvalue weighted by molar-refractivity contribution is 0.377. The van der Waals surface area contributed by atoms with Crippen LogP contribution in [0.25, 0.3) is 0 Å². The summed E-state index contributed by atoms with van der Waals surface area (Å²) in [6.45, 7) is 4.31. The fraction of sp³-hybridized carbons (Fsp3) is 0.700. The Morgan fingerprint density at radius 1 is 1.33 bits per heavy atom. The van der Waals surface area contributed by atoms with Gasteiger partial charge in [0.25, 0.3) is 0 Å². The molecule has 0 radical (unpaired) electrons. The minimum atomic E-state index is 0.702. The lowest BCUT2D eigenvalue weighted by Gasteiger charge is -1.95. The molecule has 1 aromatic rings. The highest BCUT2D eigenvalue weighted by atomic mass is 16.5. The summed E-state index contributed by atoms with van der Waals surface area (Å²) in [5.74, 6) is 1.88. The average Bonchev–Trinajstić information content (AvgIpc) is 2.85. The van der Waals surface area contributed by atoms with Crippen molar-refractivity contribution < 1.29 is 4.52 Å². The van der Waals surface area contributed by atoms with Crippen molar-refractivity contribution in [3.63, 3.8) is 0 Å². The van der Waals surface area contributed by atoms with Gasteiger partial charge in [0.15, 0.2) is 0 Å². The standard InChI is InChI=1S/C10H15NO/c1-3-8-9(4-2)11-12-10(8)7-5-6-7/h7H,3-6H2,1-2H3. The first kappa shape index (κ1) is 7.84. The average molecular weight is 165 g/mol. The largest absolute Gasteiger partial charge is 0.361 e. The molecule has 0 spiro atoms. The molecule has 0 saturated heterocycles. The van der Waals surface area contributed by atoms with E-state index >= 15 is 0 Å². The summed E-state index contributed by atoms with van der Waals surface area (Å²) in [5, 5.41) is 4.09. The molecular formula is C10H15NO. The van der Waals surface area contributed by atoms with Crippen LogP contribution in [0.4, 0.5) is 0 Å². The molecule has 2 nitrogen and oxygen atoms in total. The molecule has 2 rings (SSSR count). The van der Waals surface area contributed by atoms with Gasteiger partial charge < -0.3 is 4.52 Å². The van der Waals surface area contributed by atoms with E-state index in [1.165, 1.54) is 29.9 Å². The molecule has 2 heteroatoms. The Kier molecular flexibility index (Phi) is 1.91. The second-order valence-electron chi connectivity index (χ2n) is 3.45. The monoisotopic (exact) mass is 165 g/mol. The smallest absolute Gasteiger partial charge is 0.143 e. The summed E-state index contributed by atoms with van der Waals surface area (Å²) in [7, 11) is 0. The number of aromatic nitrogens is 1. The van der Waals surface area contributed by atoms with E-state index in [2.05, 4.69) is 19.0 Å². The second kappa shape index (κ2) is 2.92. The highest BCUT2D eigenvalue weighted by Crippen LogP contribution is 2.42. The van der Waals surface area contributed by atoms with Gasteiger partial charge in [-0.25, -0.2) is 0 Å². The van der Waals surface area contributed by atoms with Crippen LogP contribution in [0.2, 0.25) is 0 Å². The summed E-state index contributed by atoms with van der Waals surface area (Å²) in [4.78, 5) is 0. The molecule has 0 aromatic carbocycles. The molecule has 1 saturated carbocycles. The maximum absolute atomic E-state index is 5.35. The molecule has 0 aliphatic heterocycles. The molecule has 12 heavy (non-hydrogen) atoms. The van der Waals surface area contributed by atoms with E-state index in [9.17, 15) is 0 Å². The predicted molar refractivity (Wildman–Crippen MR) is 47.2 cm³/mol. The fourth-order valence-corrected chi connectivity index (χ4v) is 1.68. The zero-order valence-electron chi connectivity index (χ0n) is 7.76. The topological polar surface area (TPSA) is 26.0 Å². The third-order valence-corrected chi connectivity index (χ3v) is 2.54. The van der Waals surface area contributed by atoms with Crippen molar-refractivity contribution >= 4 is 0 Å². The van der Waals surface area contributed by atoms with Crippen LogP contribution in [0.3, 0.4) is 0 Å². The zero-order chi connectivity index (χ0) is 8.55. The molecular weight excluding hydrogens is 150 g/mol. The normalized spacial score (nSPS) is 16.8. The van der Waals surface area contributed by atoms with Crippen molar-refractivity contribution in [3.05, 3.63) is 17.0 Å². The van der Waals surface area contributed by atoms with Gasteiger partial charge in [-0.2, -0.15) is 0 Å². The Bertz CT molecular complexity index is 273. The SMILES string of the molecule is CCc1noc(C2CC2)c1CC. The lowest BCUT2D eigenvalue weighted by atomic mass is 10.1. The van der Waals surface area contributed by atoms with Crippen molar-refractivity contribution in [1.29, 1.82) is 0 Å². The van der Waals surface area contributed by atoms with Crippen LogP contribution in [0.1, 0.15) is 49.6 Å². The summed E-state index contributed by atoms with van der Waals surface area (Å²) in [6, 6.07) is 0. The molecule has 0 unspecified atom stereocenters. The van der Waals surface area contributed by atoms with Crippen molar-refractivity contribution in [2.45, 2.75) is 45.4 Å². The third-order valence-electron chi connectivity index (χ3n) is 2.54. The maximum atomic E-state index is 5.35. The van der Waals surface area contributed by atoms with Crippen molar-refractivity contribution in [3.8, 4) is 0 Å². The van der Waals surface area contributed by atoms with Gasteiger partial charge in [0, 0.05) is 11.5 Å². The molecule has 1 aromatic heterocycles. The van der Waals surface area contributed by atoms with Crippen LogP contribution >= 0.6 is 0 Å². The van der Waals surface area contributed by atoms with Gasteiger partial charge in [-0.15, -0.1) is 0 Å². The zero-order valence-corrected chi connectivity index (χ0v) is 7.76. The molecule has 0 N–H and O–H groups in total. The number of aryl methyl sites for hydroxylation is 1. The van der Waals surface area contributed by atoms with E-state index in [4.69, 9.17) is 4.52 Å². The van der Waals surface area contributed by atoms with Gasteiger partial charge in [0.05, 0.1) is 5.69 Å². The fourth-order valence-electron chi connectivity index (χ4n) is 1.68. The Labute approximate surface area is 72.9 Å². The minimum Gasteiger partial charge on any atom is -0.361 e. The lowest BCUT2D eigenvalue weighted by Crippen LogP contribution is -1.90. The molecule has 0 amide bonds. The summed E-state index contributed by atoms with van der Waals surface area (Å²) in [6.07, 6.45) is 4.66. The second-order valence-corrected chi connectivity index (χ2v) is 3.45. The van der Waals surface area contributed by atoms with E-state index in [1.54, 1.807) is 0 Å². The maximum Gasteiger partial charge on any atom is 0.143 e. The molecule has 1 aliphatic carbocycles. The summed E-state index contributed by atoms with van der Waals surface area (Å²) < 4.78 is 5.35. The molecule has 1 fully saturated rings. The third kappa shape index (κ3) is 1.15. The molecule has 0 bridgehead atoms. The number of rotatable bonds is 3. The Hall–Kier alpha value is -0.790. The van der Waals surface area contributed by atoms with E-state index in [0.717, 1.165) is 12.8 Å². The van der Waals surface area contributed by atoms with Gasteiger partial charge in [-0.05, 0) is 25.7 Å². The first-order valence-electron chi connectivity index (χ1n) is 4.84. The number of hydrogen-bond donors (Lipinski definition) is 0. The Balaban J connectivity index is 2.33. The van der Waals surface area contributed by atoms with Crippen molar-refractivity contribution in [1.82, 2.24) is 5.16 Å². The quantitative estimate of drug-likeness (QED) is 0.688. The van der Waals surface area contributed by atoms with Gasteiger partial charge in [0.1, 0.15) is 5.76 Å². The Morgan fingerprint density at radius 3 is 2.58 bits per heavy atom. The van der Waals surface area contributed by atoms with Crippen LogP contribution in [0, 0.1) is 0 Å². The van der Waals surface area contributed by atoms with Crippen molar-refractivity contribution in [2.24, 2.45) is 0 Å². The van der Waals surface area contributed by atoms with Gasteiger partial charge in [-0.3, -0.25) is 0 Å². The van der Waals surface area contributed by atoms with Crippen LogP contribution < -0.4 is 0 Å². The minimum absolute atomic E-state index is 0.702. The van der Waals surface area contributed by atoms with Crippen LogP contribution in [0.5, 0.6) is 0 Å². The first-order chi connectivity index (χ1) is 5.86. The van der Waals surface area contributed by atoms with E-state index in [0.29, 0.717) is 5.92 Å². The van der Waals surface area contributed by atoms with Crippen molar-refractivity contribution in [2.75, 3.05) is 0 Å². The highest BCUT2D eigenvalue weighted by molar-refractivity contribution is 5.28. The number of hydrogen-bond acceptors (Lipinski definition) is 2. The van der Waals surface area contributed by atoms with E-state index in [-0.39, 0.29) is 0 Å². The molecule has 1 aliphatic rings. The van der Waals surface area contributed by atoms with Gasteiger partial charge in [-0.1, -0.05) is 19.0 Å². The summed E-state index contributed by atoms with van der Waals surface area (Å²) >= 11 is 0. The van der Waals surface area contributed by atoms with Gasteiger partial charge >= 0.3 is 0 Å². The number of nitrogens with zero attached hydrogens (tertiary/aromatic N) is 1. The van der Waals surface area contributed by atoms with E-state index in [1.807, 2.05) is 0 Å². The first-order valence-corrected chi connectivity index (χ1v) is 4.84. The van der Waals surface area contributed by atoms with Gasteiger partial charge in [0.2, 0.25) is 0 Å².